The Bertz CT molecular complexity index is 1210. The maximum Gasteiger partial charge on any atom is 0.226 e. The lowest BCUT2D eigenvalue weighted by molar-refractivity contribution is -0.185. The number of allylic oxidation sites excluding steroid dienone is 2. The van der Waals surface area contributed by atoms with Crippen LogP contribution in [0, 0.1) is 50.2 Å². The molecule has 0 bridgehead atoms. The molecule has 0 aliphatic heterocycles. The van der Waals surface area contributed by atoms with Crippen LogP contribution in [-0.2, 0) is 19.1 Å². The molecular formula is C36H56N2O4. The van der Waals surface area contributed by atoms with Gasteiger partial charge in [-0.1, -0.05) is 60.5 Å². The van der Waals surface area contributed by atoms with E-state index in [4.69, 9.17) is 4.74 Å². The van der Waals surface area contributed by atoms with Crippen LogP contribution >= 0.6 is 0 Å². The van der Waals surface area contributed by atoms with Crippen molar-refractivity contribution in [3.63, 3.8) is 0 Å². The van der Waals surface area contributed by atoms with Crippen LogP contribution in [0.25, 0.3) is 0 Å². The van der Waals surface area contributed by atoms with Gasteiger partial charge >= 0.3 is 0 Å². The second-order valence-corrected chi connectivity index (χ2v) is 17.5. The molecule has 5 saturated carbocycles. The summed E-state index contributed by atoms with van der Waals surface area (Å²) in [5.74, 6) is 1.33. The van der Waals surface area contributed by atoms with Crippen LogP contribution in [0.4, 0.5) is 0 Å². The van der Waals surface area contributed by atoms with E-state index in [-0.39, 0.29) is 64.2 Å². The first kappa shape index (κ1) is 30.3. The summed E-state index contributed by atoms with van der Waals surface area (Å²) in [6.45, 7) is 18.6. The molecule has 0 radical (unpaired) electrons. The zero-order valence-corrected chi connectivity index (χ0v) is 27.6. The molecule has 6 heteroatoms. The molecular weight excluding hydrogens is 524 g/mol. The summed E-state index contributed by atoms with van der Waals surface area (Å²) in [6, 6.07) is 0.0128. The van der Waals surface area contributed by atoms with Crippen LogP contribution in [-0.4, -0.2) is 36.5 Å². The Kier molecular flexibility index (Phi) is 6.97. The number of fused-ring (bicyclic) bond motifs is 7. The predicted octanol–water partition coefficient (Wildman–Crippen LogP) is 6.72. The van der Waals surface area contributed by atoms with Crippen molar-refractivity contribution in [3.8, 4) is 0 Å². The van der Waals surface area contributed by atoms with E-state index in [1.807, 2.05) is 0 Å². The summed E-state index contributed by atoms with van der Waals surface area (Å²) >= 11 is 0. The van der Waals surface area contributed by atoms with E-state index >= 15 is 0 Å². The van der Waals surface area contributed by atoms with Crippen molar-refractivity contribution in [3.05, 3.63) is 11.6 Å². The van der Waals surface area contributed by atoms with Gasteiger partial charge in [0.1, 0.15) is 6.73 Å². The van der Waals surface area contributed by atoms with Crippen molar-refractivity contribution in [2.75, 3.05) is 6.73 Å². The summed E-state index contributed by atoms with van der Waals surface area (Å²) in [4.78, 5) is 39.5. The van der Waals surface area contributed by atoms with Gasteiger partial charge in [0, 0.05) is 18.3 Å². The number of carbonyl (C=O) groups is 3. The summed E-state index contributed by atoms with van der Waals surface area (Å²) < 4.78 is 5.72. The molecule has 0 aromatic heterocycles. The van der Waals surface area contributed by atoms with Crippen molar-refractivity contribution < 1.29 is 19.1 Å². The quantitative estimate of drug-likeness (QED) is 0.354. The van der Waals surface area contributed by atoms with Gasteiger partial charge < -0.3 is 15.4 Å². The highest BCUT2D eigenvalue weighted by Gasteiger charge is 2.69. The monoisotopic (exact) mass is 580 g/mol. The molecule has 0 saturated heterocycles. The van der Waals surface area contributed by atoms with Gasteiger partial charge in [0.15, 0.2) is 5.78 Å². The van der Waals surface area contributed by atoms with E-state index in [0.29, 0.717) is 17.1 Å². The molecule has 6 aliphatic rings. The lowest BCUT2D eigenvalue weighted by Gasteiger charge is -2.70. The molecule has 0 heterocycles. The van der Waals surface area contributed by atoms with Gasteiger partial charge in [-0.25, -0.2) is 0 Å². The minimum atomic E-state index is -0.466. The number of ether oxygens (including phenoxy) is 1. The SMILES string of the molecule is CC(=O)NCO[C@H]1CC1NC(=O)[C@@]1(C)CC[C@]2(C)CC[C@]3(C)C(=CC(=O)[C@@H]4[C@@]5(C)CCCC(C)(C)C5CC[C@]43C)[C@@H]2C1. The van der Waals surface area contributed by atoms with E-state index in [1.165, 1.54) is 44.6 Å². The largest absolute Gasteiger partial charge is 0.356 e. The Morgan fingerprint density at radius 2 is 1.67 bits per heavy atom. The molecule has 2 N–H and O–H groups in total. The summed E-state index contributed by atoms with van der Waals surface area (Å²) in [7, 11) is 0. The number of hydrogen-bond acceptors (Lipinski definition) is 4. The normalized spacial score (nSPS) is 48.9. The minimum Gasteiger partial charge on any atom is -0.356 e. The number of carbonyl (C=O) groups excluding carboxylic acids is 3. The first-order valence-electron chi connectivity index (χ1n) is 16.9. The van der Waals surface area contributed by atoms with Crippen LogP contribution in [0.1, 0.15) is 126 Å². The fraction of sp³-hybridized carbons (Fsp3) is 0.861. The van der Waals surface area contributed by atoms with Crippen molar-refractivity contribution >= 4 is 17.6 Å². The molecule has 6 nitrogen and oxygen atoms in total. The van der Waals surface area contributed by atoms with E-state index in [2.05, 4.69) is 65.2 Å². The number of nitrogens with one attached hydrogen (secondary N) is 2. The first-order chi connectivity index (χ1) is 19.5. The third kappa shape index (κ3) is 4.38. The standard InChI is InChI=1S/C36H56N2O4/c1-22(39)37-21-42-27-19-25(27)38-30(41)33(5)15-14-32(4)16-17-35(7)23(24(32)20-33)18-26(40)29-34(6)12-9-11-31(2,3)28(34)10-13-36(29,35)8/h18,24-25,27-29H,9-17,19-21H2,1-8H3,(H,37,39)(H,38,41)/t24-,25?,27-,28?,29+,32+,33-,34-,35+,36+/m0/s1. The molecule has 6 rings (SSSR count). The van der Waals surface area contributed by atoms with Gasteiger partial charge in [0.25, 0.3) is 0 Å². The van der Waals surface area contributed by atoms with Crippen molar-refractivity contribution in [1.29, 1.82) is 0 Å². The maximum absolute atomic E-state index is 14.5. The fourth-order valence-electron chi connectivity index (χ4n) is 11.6. The second kappa shape index (κ2) is 9.65. The average molecular weight is 581 g/mol. The number of hydrogen-bond donors (Lipinski definition) is 2. The lowest BCUT2D eigenvalue weighted by Crippen LogP contribution is -2.65. The Morgan fingerprint density at radius 3 is 2.38 bits per heavy atom. The molecule has 6 aliphatic carbocycles. The zero-order chi connectivity index (χ0) is 30.5. The van der Waals surface area contributed by atoms with Crippen LogP contribution in [0.5, 0.6) is 0 Å². The maximum atomic E-state index is 14.5. The van der Waals surface area contributed by atoms with Crippen molar-refractivity contribution in [2.45, 2.75) is 138 Å². The second-order valence-electron chi connectivity index (χ2n) is 17.5. The van der Waals surface area contributed by atoms with E-state index in [1.54, 1.807) is 0 Å². The van der Waals surface area contributed by atoms with E-state index < -0.39 is 5.41 Å². The average Bonchev–Trinajstić information content (AvgIpc) is 3.62. The molecule has 5 fully saturated rings. The highest BCUT2D eigenvalue weighted by atomic mass is 16.5. The third-order valence-electron chi connectivity index (χ3n) is 14.5. The topological polar surface area (TPSA) is 84.5 Å². The fourth-order valence-corrected chi connectivity index (χ4v) is 11.6. The van der Waals surface area contributed by atoms with Crippen LogP contribution in [0.2, 0.25) is 0 Å². The Hall–Kier alpha value is -1.69. The van der Waals surface area contributed by atoms with Gasteiger partial charge in [-0.3, -0.25) is 14.4 Å². The molecule has 2 amide bonds. The van der Waals surface area contributed by atoms with Crippen LogP contribution in [0.3, 0.4) is 0 Å². The summed E-state index contributed by atoms with van der Waals surface area (Å²) in [6.07, 6.45) is 13.9. The van der Waals surface area contributed by atoms with Crippen molar-refractivity contribution in [1.82, 2.24) is 10.6 Å². The molecule has 0 aromatic carbocycles. The van der Waals surface area contributed by atoms with E-state index in [9.17, 15) is 14.4 Å². The Morgan fingerprint density at radius 1 is 0.952 bits per heavy atom. The third-order valence-corrected chi connectivity index (χ3v) is 14.5. The highest BCUT2D eigenvalue weighted by Crippen LogP contribution is 2.75. The molecule has 234 valence electrons. The summed E-state index contributed by atoms with van der Waals surface area (Å²) in [5, 5.41) is 5.95. The zero-order valence-electron chi connectivity index (χ0n) is 27.6. The molecule has 0 spiro atoms. The van der Waals surface area contributed by atoms with Crippen molar-refractivity contribution in [2.24, 2.45) is 50.2 Å². The van der Waals surface area contributed by atoms with Crippen LogP contribution < -0.4 is 10.6 Å². The van der Waals surface area contributed by atoms with Gasteiger partial charge in [-0.05, 0) is 109 Å². The van der Waals surface area contributed by atoms with Crippen LogP contribution in [0.15, 0.2) is 11.6 Å². The lowest BCUT2D eigenvalue weighted by atomic mass is 9.33. The predicted molar refractivity (Wildman–Crippen MR) is 164 cm³/mol. The van der Waals surface area contributed by atoms with Gasteiger partial charge in [0.2, 0.25) is 11.8 Å². The molecule has 0 aromatic rings. The molecule has 10 atom stereocenters. The number of rotatable bonds is 5. The number of ketones is 1. The van der Waals surface area contributed by atoms with Gasteiger partial charge in [-0.15, -0.1) is 0 Å². The highest BCUT2D eigenvalue weighted by molar-refractivity contribution is 5.95. The smallest absolute Gasteiger partial charge is 0.226 e. The van der Waals surface area contributed by atoms with E-state index in [0.717, 1.165) is 38.5 Å². The molecule has 42 heavy (non-hydrogen) atoms. The number of amides is 2. The van der Waals surface area contributed by atoms with Gasteiger partial charge in [0.05, 0.1) is 12.1 Å². The summed E-state index contributed by atoms with van der Waals surface area (Å²) in [5.41, 5.74) is 1.33. The Balaban J connectivity index is 1.26. The minimum absolute atomic E-state index is 0.0128. The molecule has 2 unspecified atom stereocenters. The first-order valence-corrected chi connectivity index (χ1v) is 16.9. The Labute approximate surface area is 253 Å². The van der Waals surface area contributed by atoms with Gasteiger partial charge in [-0.2, -0.15) is 0 Å².